The molecule has 0 atom stereocenters. The molecule has 2 aromatic rings. The highest BCUT2D eigenvalue weighted by Gasteiger charge is 2.33. The zero-order valence-electron chi connectivity index (χ0n) is 13.7. The Balaban J connectivity index is 1.92. The summed E-state index contributed by atoms with van der Waals surface area (Å²) in [5.74, 6) is -0.292. The minimum absolute atomic E-state index is 0.0157. The molecule has 2 aromatic heterocycles. The van der Waals surface area contributed by atoms with Crippen LogP contribution >= 0.6 is 0 Å². The molecular weight excluding hydrogens is 349 g/mol. The molecule has 0 bridgehead atoms. The van der Waals surface area contributed by atoms with Gasteiger partial charge < -0.3 is 15.3 Å². The Morgan fingerprint density at radius 3 is 2.50 bits per heavy atom. The topological polar surface area (TPSA) is 78.4 Å². The summed E-state index contributed by atoms with van der Waals surface area (Å²) < 4.78 is 39.1. The molecule has 9 heteroatoms. The quantitative estimate of drug-likeness (QED) is 0.873. The molecule has 1 amide bonds. The van der Waals surface area contributed by atoms with Crippen LogP contribution < -0.4 is 10.2 Å². The fourth-order valence-electron chi connectivity index (χ4n) is 2.73. The molecule has 1 saturated heterocycles. The van der Waals surface area contributed by atoms with Gasteiger partial charge in [0.2, 0.25) is 0 Å². The normalized spacial score (nSPS) is 15.8. The summed E-state index contributed by atoms with van der Waals surface area (Å²) in [6, 6.07) is 3.81. The SMILES string of the molecule is O=C(Nc1cc(C(F)(F)F)cnc1N1CCC(O)CC1)c1ccncc1. The number of piperidine rings is 1. The van der Waals surface area contributed by atoms with E-state index in [2.05, 4.69) is 15.3 Å². The molecule has 6 nitrogen and oxygen atoms in total. The maximum absolute atomic E-state index is 13.0. The number of hydrogen-bond acceptors (Lipinski definition) is 5. The van der Waals surface area contributed by atoms with Crippen molar-refractivity contribution in [3.8, 4) is 0 Å². The molecule has 1 aliphatic heterocycles. The number of nitrogens with zero attached hydrogens (tertiary/aromatic N) is 3. The van der Waals surface area contributed by atoms with Crippen molar-refractivity contribution in [3.05, 3.63) is 47.9 Å². The zero-order chi connectivity index (χ0) is 18.7. The fourth-order valence-corrected chi connectivity index (χ4v) is 2.73. The molecule has 138 valence electrons. The van der Waals surface area contributed by atoms with Crippen molar-refractivity contribution in [1.29, 1.82) is 0 Å². The van der Waals surface area contributed by atoms with Crippen molar-refractivity contribution < 1.29 is 23.1 Å². The predicted molar refractivity (Wildman–Crippen MR) is 88.9 cm³/mol. The van der Waals surface area contributed by atoms with Gasteiger partial charge in [-0.15, -0.1) is 0 Å². The lowest BCUT2D eigenvalue weighted by molar-refractivity contribution is -0.137. The van der Waals surface area contributed by atoms with E-state index in [1.807, 2.05) is 0 Å². The van der Waals surface area contributed by atoms with Gasteiger partial charge in [-0.3, -0.25) is 9.78 Å². The second-order valence-corrected chi connectivity index (χ2v) is 6.00. The number of carbonyl (C=O) groups excluding carboxylic acids is 1. The molecule has 26 heavy (non-hydrogen) atoms. The Hall–Kier alpha value is -2.68. The Morgan fingerprint density at radius 2 is 1.88 bits per heavy atom. The standard InChI is InChI=1S/C17H17F3N4O2/c18-17(19,20)12-9-14(23-16(26)11-1-5-21-6-2-11)15(22-10-12)24-7-3-13(25)4-8-24/h1-2,5-6,9-10,13,25H,3-4,7-8H2,(H,23,26). The van der Waals surface area contributed by atoms with Crippen molar-refractivity contribution in [2.24, 2.45) is 0 Å². The van der Waals surface area contributed by atoms with Gasteiger partial charge in [-0.05, 0) is 31.0 Å². The first-order valence-electron chi connectivity index (χ1n) is 8.06. The van der Waals surface area contributed by atoms with Gasteiger partial charge in [0.15, 0.2) is 5.82 Å². The summed E-state index contributed by atoms with van der Waals surface area (Å²) in [5, 5.41) is 12.1. The smallest absolute Gasteiger partial charge is 0.393 e. The van der Waals surface area contributed by atoms with E-state index in [0.717, 1.165) is 12.3 Å². The maximum Gasteiger partial charge on any atom is 0.417 e. The van der Waals surface area contributed by atoms with Crippen LogP contribution in [0.2, 0.25) is 0 Å². The van der Waals surface area contributed by atoms with Crippen LogP contribution in [0.25, 0.3) is 0 Å². The van der Waals surface area contributed by atoms with Gasteiger partial charge >= 0.3 is 6.18 Å². The summed E-state index contributed by atoms with van der Waals surface area (Å²) in [5.41, 5.74) is -0.682. The first kappa shape index (κ1) is 18.1. The highest BCUT2D eigenvalue weighted by molar-refractivity contribution is 6.05. The summed E-state index contributed by atoms with van der Waals surface area (Å²) in [6.07, 6.45) is -0.433. The summed E-state index contributed by atoms with van der Waals surface area (Å²) in [7, 11) is 0. The highest BCUT2D eigenvalue weighted by atomic mass is 19.4. The van der Waals surface area contributed by atoms with E-state index in [4.69, 9.17) is 0 Å². The average Bonchev–Trinajstić information content (AvgIpc) is 2.62. The molecule has 0 radical (unpaired) electrons. The zero-order valence-corrected chi connectivity index (χ0v) is 13.7. The van der Waals surface area contributed by atoms with E-state index in [-0.39, 0.29) is 17.1 Å². The minimum Gasteiger partial charge on any atom is -0.393 e. The van der Waals surface area contributed by atoms with Crippen LogP contribution in [-0.2, 0) is 6.18 Å². The van der Waals surface area contributed by atoms with Gasteiger partial charge in [0.25, 0.3) is 5.91 Å². The van der Waals surface area contributed by atoms with Crippen LogP contribution in [-0.4, -0.2) is 40.2 Å². The summed E-state index contributed by atoms with van der Waals surface area (Å²) in [6.45, 7) is 0.884. The van der Waals surface area contributed by atoms with Crippen molar-refractivity contribution >= 4 is 17.4 Å². The molecule has 0 saturated carbocycles. The number of aromatic nitrogens is 2. The number of rotatable bonds is 3. The van der Waals surface area contributed by atoms with E-state index in [9.17, 15) is 23.1 Å². The van der Waals surface area contributed by atoms with Crippen LogP contribution in [0.4, 0.5) is 24.7 Å². The third-order valence-electron chi connectivity index (χ3n) is 4.15. The highest BCUT2D eigenvalue weighted by Crippen LogP contribution is 2.34. The Morgan fingerprint density at radius 1 is 1.23 bits per heavy atom. The van der Waals surface area contributed by atoms with Gasteiger partial charge in [0, 0.05) is 37.2 Å². The average molecular weight is 366 g/mol. The summed E-state index contributed by atoms with van der Waals surface area (Å²) >= 11 is 0. The third kappa shape index (κ3) is 4.10. The first-order valence-corrected chi connectivity index (χ1v) is 8.06. The largest absolute Gasteiger partial charge is 0.417 e. The molecular formula is C17H17F3N4O2. The second-order valence-electron chi connectivity index (χ2n) is 6.00. The second kappa shape index (κ2) is 7.28. The molecule has 0 spiro atoms. The number of amides is 1. The van der Waals surface area contributed by atoms with Crippen molar-refractivity contribution in [2.45, 2.75) is 25.1 Å². The molecule has 3 rings (SSSR count). The van der Waals surface area contributed by atoms with Crippen LogP contribution in [0, 0.1) is 0 Å². The lowest BCUT2D eigenvalue weighted by Gasteiger charge is -2.32. The van der Waals surface area contributed by atoms with E-state index in [1.54, 1.807) is 4.90 Å². The van der Waals surface area contributed by atoms with Gasteiger partial charge in [0.1, 0.15) is 0 Å². The molecule has 1 fully saturated rings. The molecule has 1 aliphatic rings. The summed E-state index contributed by atoms with van der Waals surface area (Å²) in [4.78, 5) is 21.9. The van der Waals surface area contributed by atoms with Gasteiger partial charge in [-0.25, -0.2) is 4.98 Å². The fraction of sp³-hybridized carbons (Fsp3) is 0.353. The Bertz CT molecular complexity index is 775. The van der Waals surface area contributed by atoms with Crippen LogP contribution in [0.5, 0.6) is 0 Å². The number of anilines is 2. The number of hydrogen-bond donors (Lipinski definition) is 2. The van der Waals surface area contributed by atoms with E-state index in [0.29, 0.717) is 25.9 Å². The molecule has 3 heterocycles. The predicted octanol–water partition coefficient (Wildman–Crippen LogP) is 2.71. The van der Waals surface area contributed by atoms with E-state index >= 15 is 0 Å². The third-order valence-corrected chi connectivity index (χ3v) is 4.15. The number of carbonyl (C=O) groups is 1. The monoisotopic (exact) mass is 366 g/mol. The molecule has 0 unspecified atom stereocenters. The Kier molecular flexibility index (Phi) is 5.08. The van der Waals surface area contributed by atoms with E-state index in [1.165, 1.54) is 24.5 Å². The van der Waals surface area contributed by atoms with Gasteiger partial charge in [-0.2, -0.15) is 13.2 Å². The van der Waals surface area contributed by atoms with E-state index < -0.39 is 23.8 Å². The minimum atomic E-state index is -4.57. The lowest BCUT2D eigenvalue weighted by Crippen LogP contribution is -2.37. The molecule has 0 aliphatic carbocycles. The molecule has 2 N–H and O–H groups in total. The lowest BCUT2D eigenvalue weighted by atomic mass is 10.1. The molecule has 0 aromatic carbocycles. The Labute approximate surface area is 147 Å². The van der Waals surface area contributed by atoms with Gasteiger partial charge in [0.05, 0.1) is 17.4 Å². The number of alkyl halides is 3. The number of pyridine rings is 2. The van der Waals surface area contributed by atoms with Crippen LogP contribution in [0.15, 0.2) is 36.8 Å². The number of aliphatic hydroxyl groups is 1. The van der Waals surface area contributed by atoms with Crippen molar-refractivity contribution in [1.82, 2.24) is 9.97 Å². The number of halogens is 3. The van der Waals surface area contributed by atoms with Crippen LogP contribution in [0.1, 0.15) is 28.8 Å². The van der Waals surface area contributed by atoms with Crippen LogP contribution in [0.3, 0.4) is 0 Å². The first-order chi connectivity index (χ1) is 12.3. The van der Waals surface area contributed by atoms with Crippen molar-refractivity contribution in [2.75, 3.05) is 23.3 Å². The maximum atomic E-state index is 13.0. The van der Waals surface area contributed by atoms with Gasteiger partial charge in [-0.1, -0.05) is 0 Å². The van der Waals surface area contributed by atoms with Crippen molar-refractivity contribution in [3.63, 3.8) is 0 Å². The number of aliphatic hydroxyl groups excluding tert-OH is 1. The number of nitrogens with one attached hydrogen (secondary N) is 1.